The van der Waals surface area contributed by atoms with Gasteiger partial charge in [-0.05, 0) is 12.8 Å². The molecule has 5 atom stereocenters. The maximum absolute atomic E-state index is 13.5. The molecule has 9 heteroatoms. The number of quaternary nitrogens is 1. The second kappa shape index (κ2) is 7.21. The molecule has 1 saturated carbocycles. The molecule has 152 valence electrons. The molecular formula is C19H28N5O4+. The van der Waals surface area contributed by atoms with Crippen molar-refractivity contribution in [2.45, 2.75) is 57.5 Å². The van der Waals surface area contributed by atoms with E-state index in [9.17, 15) is 19.2 Å². The molecule has 1 aliphatic carbocycles. The minimum Gasteiger partial charge on any atom is -0.348 e. The Morgan fingerprint density at radius 2 is 2.11 bits per heavy atom. The third-order valence-corrected chi connectivity index (χ3v) is 6.62. The number of hydrogen-bond acceptors (Lipinski definition) is 6. The topological polar surface area (TPSA) is 149 Å². The molecule has 9 nitrogen and oxygen atoms in total. The number of likely N-dealkylation sites (tertiary alicyclic amines) is 1. The number of primary amides is 1. The summed E-state index contributed by atoms with van der Waals surface area (Å²) in [4.78, 5) is 58.2. The predicted molar refractivity (Wildman–Crippen MR) is 99.5 cm³/mol. The third kappa shape index (κ3) is 2.98. The van der Waals surface area contributed by atoms with E-state index in [1.807, 2.05) is 6.92 Å². The molecule has 3 amide bonds. The largest absolute Gasteiger partial charge is 0.422 e. The molecule has 0 radical (unpaired) electrons. The van der Waals surface area contributed by atoms with Crippen LogP contribution in [0.3, 0.4) is 0 Å². The van der Waals surface area contributed by atoms with Crippen molar-refractivity contribution in [3.8, 4) is 0 Å². The van der Waals surface area contributed by atoms with Gasteiger partial charge in [0.2, 0.25) is 0 Å². The Balaban J connectivity index is 1.95. The first-order chi connectivity index (χ1) is 13.1. The maximum atomic E-state index is 13.5. The molecule has 5 N–H and O–H groups in total. The van der Waals surface area contributed by atoms with Crippen LogP contribution in [-0.2, 0) is 20.8 Å². The zero-order chi connectivity index (χ0) is 20.7. The summed E-state index contributed by atoms with van der Waals surface area (Å²) < 4.78 is -0.779. The van der Waals surface area contributed by atoms with Crippen LogP contribution in [0.4, 0.5) is 4.79 Å². The van der Waals surface area contributed by atoms with Gasteiger partial charge in [0.15, 0.2) is 11.3 Å². The lowest BCUT2D eigenvalue weighted by Crippen LogP contribution is -2.74. The predicted octanol–water partition coefficient (Wildman–Crippen LogP) is 0.438. The fourth-order valence-corrected chi connectivity index (χ4v) is 5.01. The number of nitrogens with two attached hydrogens (primary N) is 2. The lowest BCUT2D eigenvalue weighted by Gasteiger charge is -2.42. The summed E-state index contributed by atoms with van der Waals surface area (Å²) in [5, 5.41) is 0. The average Bonchev–Trinajstić information content (AvgIpc) is 3.33. The van der Waals surface area contributed by atoms with Crippen LogP contribution in [0.2, 0.25) is 0 Å². The molecule has 0 bridgehead atoms. The minimum absolute atomic E-state index is 0.0342. The smallest absolute Gasteiger partial charge is 0.348 e. The molecule has 3 rings (SSSR count). The van der Waals surface area contributed by atoms with E-state index >= 15 is 0 Å². The highest BCUT2D eigenvalue weighted by atomic mass is 16.2. The Morgan fingerprint density at radius 1 is 1.39 bits per heavy atom. The lowest BCUT2D eigenvalue weighted by molar-refractivity contribution is -0.802. The van der Waals surface area contributed by atoms with Crippen molar-refractivity contribution in [1.29, 1.82) is 0 Å². The molecule has 1 aromatic rings. The maximum Gasteiger partial charge on any atom is 0.422 e. The summed E-state index contributed by atoms with van der Waals surface area (Å²) in [5.74, 6) is -1.37. The molecular weight excluding hydrogens is 362 g/mol. The van der Waals surface area contributed by atoms with Gasteiger partial charge >= 0.3 is 11.9 Å². The lowest BCUT2D eigenvalue weighted by atomic mass is 9.79. The van der Waals surface area contributed by atoms with Gasteiger partial charge in [-0.3, -0.25) is 9.59 Å². The van der Waals surface area contributed by atoms with Gasteiger partial charge in [-0.1, -0.05) is 6.92 Å². The number of carbonyl (C=O) groups is 4. The van der Waals surface area contributed by atoms with Gasteiger partial charge in [0.05, 0.1) is 12.9 Å². The molecule has 1 saturated heterocycles. The Hall–Kier alpha value is -2.39. The quantitative estimate of drug-likeness (QED) is 0.621. The standard InChI is InChI=1S/C19H27N5O4/c1-11-6-13(25)8-14(11)16(26)19(2)4-3-5-24(19,18(21)28)17(27)15(20)7-12-9-22-10-23-12/h9-11,14-15H,3-8,20H2,1-2H3,(H2-,21,22,23,28)/p+1/t11-,14-,15+,19-,24?/m1/s1. The highest BCUT2D eigenvalue weighted by Gasteiger charge is 2.67. The van der Waals surface area contributed by atoms with Crippen LogP contribution in [-0.4, -0.2) is 56.1 Å². The van der Waals surface area contributed by atoms with Gasteiger partial charge < -0.3 is 16.5 Å². The van der Waals surface area contributed by atoms with E-state index in [1.54, 1.807) is 13.1 Å². The Kier molecular flexibility index (Phi) is 5.24. The van der Waals surface area contributed by atoms with Crippen molar-refractivity contribution in [2.24, 2.45) is 23.3 Å². The number of carbonyl (C=O) groups excluding carboxylic acids is 4. The summed E-state index contributed by atoms with van der Waals surface area (Å²) >= 11 is 0. The Labute approximate surface area is 163 Å². The fourth-order valence-electron chi connectivity index (χ4n) is 5.01. The molecule has 1 aliphatic heterocycles. The van der Waals surface area contributed by atoms with E-state index < -0.39 is 33.9 Å². The average molecular weight is 390 g/mol. The van der Waals surface area contributed by atoms with Gasteiger partial charge in [0, 0.05) is 49.9 Å². The number of imidazole rings is 1. The monoisotopic (exact) mass is 390 g/mol. The van der Waals surface area contributed by atoms with Gasteiger partial charge in [0.1, 0.15) is 11.8 Å². The first-order valence-electron chi connectivity index (χ1n) is 9.65. The van der Waals surface area contributed by atoms with Gasteiger partial charge in [-0.25, -0.2) is 14.6 Å². The third-order valence-electron chi connectivity index (χ3n) is 6.62. The van der Waals surface area contributed by atoms with Gasteiger partial charge in [-0.2, -0.15) is 4.48 Å². The first-order valence-corrected chi connectivity index (χ1v) is 9.65. The normalized spacial score (nSPS) is 33.8. The van der Waals surface area contributed by atoms with Crippen LogP contribution in [0.1, 0.15) is 45.2 Å². The van der Waals surface area contributed by atoms with E-state index in [0.717, 1.165) is 0 Å². The molecule has 2 heterocycles. The molecule has 1 unspecified atom stereocenters. The molecule has 1 aromatic heterocycles. The number of nitrogens with zero attached hydrogens (tertiary/aromatic N) is 2. The van der Waals surface area contributed by atoms with Crippen LogP contribution < -0.4 is 11.5 Å². The Morgan fingerprint density at radius 3 is 2.64 bits per heavy atom. The number of Topliss-reactive ketones (excluding diaryl/α,β-unsaturated/α-hetero) is 2. The van der Waals surface area contributed by atoms with Crippen LogP contribution in [0.5, 0.6) is 0 Å². The van der Waals surface area contributed by atoms with E-state index in [0.29, 0.717) is 25.0 Å². The summed E-state index contributed by atoms with van der Waals surface area (Å²) in [5.41, 5.74) is 11.2. The van der Waals surface area contributed by atoms with Crippen molar-refractivity contribution >= 4 is 23.5 Å². The summed E-state index contributed by atoms with van der Waals surface area (Å²) in [6.45, 7) is 3.63. The number of rotatable bonds is 5. The van der Waals surface area contributed by atoms with Crippen molar-refractivity contribution in [2.75, 3.05) is 6.54 Å². The molecule has 28 heavy (non-hydrogen) atoms. The van der Waals surface area contributed by atoms with Crippen LogP contribution in [0, 0.1) is 11.8 Å². The number of ketones is 2. The van der Waals surface area contributed by atoms with Crippen LogP contribution in [0.15, 0.2) is 12.5 Å². The Bertz CT molecular complexity index is 807. The molecule has 0 aromatic carbocycles. The van der Waals surface area contributed by atoms with Crippen molar-refractivity contribution in [3.05, 3.63) is 18.2 Å². The first kappa shape index (κ1) is 20.3. The zero-order valence-electron chi connectivity index (χ0n) is 16.3. The minimum atomic E-state index is -1.31. The number of aromatic amines is 1. The number of amides is 3. The summed E-state index contributed by atoms with van der Waals surface area (Å²) in [6.07, 6.45) is 4.56. The number of aromatic nitrogens is 2. The van der Waals surface area contributed by atoms with E-state index in [2.05, 4.69) is 9.97 Å². The molecule has 2 fully saturated rings. The van der Waals surface area contributed by atoms with Crippen molar-refractivity contribution in [3.63, 3.8) is 0 Å². The second-order valence-corrected chi connectivity index (χ2v) is 8.37. The number of nitrogens with one attached hydrogen (secondary N) is 1. The second-order valence-electron chi connectivity index (χ2n) is 8.37. The number of urea groups is 1. The van der Waals surface area contributed by atoms with Gasteiger partial charge in [-0.15, -0.1) is 0 Å². The number of H-pyrrole nitrogens is 1. The fraction of sp³-hybridized carbons (Fsp3) is 0.632. The SMILES string of the molecule is C[C@@H]1CC(=O)C[C@H]1C(=O)[C@@]1(C)CCC[N+]1(C(N)=O)C(=O)[C@@H](N)Cc1cnc[nH]1. The highest BCUT2D eigenvalue weighted by molar-refractivity contribution is 6.00. The van der Waals surface area contributed by atoms with Crippen molar-refractivity contribution in [1.82, 2.24) is 9.97 Å². The molecule has 0 spiro atoms. The highest BCUT2D eigenvalue weighted by Crippen LogP contribution is 2.44. The number of imide groups is 1. The number of hydrogen-bond donors (Lipinski definition) is 3. The van der Waals surface area contributed by atoms with E-state index in [4.69, 9.17) is 11.5 Å². The van der Waals surface area contributed by atoms with Crippen molar-refractivity contribution < 1.29 is 23.7 Å². The van der Waals surface area contributed by atoms with E-state index in [-0.39, 0.29) is 36.9 Å². The zero-order valence-corrected chi connectivity index (χ0v) is 16.3. The summed E-state index contributed by atoms with van der Waals surface area (Å²) in [7, 11) is 0. The van der Waals surface area contributed by atoms with Gasteiger partial charge in [0.25, 0.3) is 0 Å². The van der Waals surface area contributed by atoms with Crippen LogP contribution >= 0.6 is 0 Å². The summed E-state index contributed by atoms with van der Waals surface area (Å²) in [6, 6.07) is -1.88. The van der Waals surface area contributed by atoms with Crippen LogP contribution in [0.25, 0.3) is 0 Å². The van der Waals surface area contributed by atoms with E-state index in [1.165, 1.54) is 6.33 Å². The molecule has 2 aliphatic rings.